The van der Waals surface area contributed by atoms with Gasteiger partial charge < -0.3 is 4.57 Å². The van der Waals surface area contributed by atoms with Crippen molar-refractivity contribution in [3.63, 3.8) is 0 Å². The van der Waals surface area contributed by atoms with E-state index in [9.17, 15) is 4.39 Å². The van der Waals surface area contributed by atoms with Gasteiger partial charge in [0.2, 0.25) is 0 Å². The van der Waals surface area contributed by atoms with Gasteiger partial charge in [-0.3, -0.25) is 0 Å². The van der Waals surface area contributed by atoms with Crippen molar-refractivity contribution >= 4 is 22.6 Å². The molecule has 0 N–H and O–H groups in total. The molecule has 2 rings (SSSR count). The second-order valence-corrected chi connectivity index (χ2v) is 3.69. The zero-order valence-corrected chi connectivity index (χ0v) is 9.26. The number of fused-ring (bicyclic) bond motifs is 1. The molecule has 0 aliphatic carbocycles. The van der Waals surface area contributed by atoms with Gasteiger partial charge in [-0.25, -0.2) is 9.37 Å². The fourth-order valence-electron chi connectivity index (χ4n) is 1.74. The molecular weight excluding hydrogens is 215 g/mol. The number of imidazole rings is 1. The predicted octanol–water partition coefficient (Wildman–Crippen LogP) is 3.32. The van der Waals surface area contributed by atoms with Gasteiger partial charge in [0.1, 0.15) is 11.3 Å². The Hall–Kier alpha value is -1.09. The molecule has 4 heteroatoms. The van der Waals surface area contributed by atoms with Crippen LogP contribution in [0.15, 0.2) is 18.2 Å². The molecule has 0 aliphatic rings. The summed E-state index contributed by atoms with van der Waals surface area (Å²) in [5.74, 6) is 0.765. The lowest BCUT2D eigenvalue weighted by atomic mass is 10.3. The van der Waals surface area contributed by atoms with Gasteiger partial charge in [-0.2, -0.15) is 0 Å². The third-order valence-electron chi connectivity index (χ3n) is 2.38. The van der Waals surface area contributed by atoms with Crippen LogP contribution in [0.4, 0.5) is 4.39 Å². The zero-order chi connectivity index (χ0) is 10.8. The second kappa shape index (κ2) is 4.19. The van der Waals surface area contributed by atoms with Crippen molar-refractivity contribution in [1.29, 1.82) is 0 Å². The van der Waals surface area contributed by atoms with E-state index in [0.717, 1.165) is 24.3 Å². The number of halogens is 2. The first-order valence-electron chi connectivity index (χ1n) is 4.97. The first-order chi connectivity index (χ1) is 7.27. The van der Waals surface area contributed by atoms with Crippen molar-refractivity contribution in [3.05, 3.63) is 29.8 Å². The van der Waals surface area contributed by atoms with Gasteiger partial charge in [-0.05, 0) is 18.6 Å². The van der Waals surface area contributed by atoms with Gasteiger partial charge in [0.15, 0.2) is 5.82 Å². The number of nitrogens with zero attached hydrogens (tertiary/aromatic N) is 2. The van der Waals surface area contributed by atoms with Crippen molar-refractivity contribution in [2.24, 2.45) is 0 Å². The molecule has 15 heavy (non-hydrogen) atoms. The Morgan fingerprint density at radius 2 is 2.27 bits per heavy atom. The lowest BCUT2D eigenvalue weighted by Crippen LogP contribution is -2.01. The van der Waals surface area contributed by atoms with E-state index in [1.165, 1.54) is 6.07 Å². The van der Waals surface area contributed by atoms with Crippen molar-refractivity contribution in [3.8, 4) is 0 Å². The lowest BCUT2D eigenvalue weighted by molar-refractivity contribution is 0.637. The van der Waals surface area contributed by atoms with Crippen molar-refractivity contribution in [2.45, 2.75) is 25.8 Å². The summed E-state index contributed by atoms with van der Waals surface area (Å²) in [6, 6.07) is 4.99. The van der Waals surface area contributed by atoms with Crippen LogP contribution in [0.5, 0.6) is 0 Å². The van der Waals surface area contributed by atoms with E-state index >= 15 is 0 Å². The predicted molar refractivity (Wildman–Crippen MR) is 59.5 cm³/mol. The highest BCUT2D eigenvalue weighted by atomic mass is 35.5. The van der Waals surface area contributed by atoms with E-state index < -0.39 is 0 Å². The number of alkyl halides is 1. The molecule has 0 radical (unpaired) electrons. The average molecular weight is 227 g/mol. The molecule has 2 nitrogen and oxygen atoms in total. The summed E-state index contributed by atoms with van der Waals surface area (Å²) in [4.78, 5) is 4.21. The van der Waals surface area contributed by atoms with Crippen molar-refractivity contribution < 1.29 is 4.39 Å². The van der Waals surface area contributed by atoms with Crippen LogP contribution >= 0.6 is 11.6 Å². The highest BCUT2D eigenvalue weighted by Gasteiger charge is 2.11. The van der Waals surface area contributed by atoms with Crippen LogP contribution in [-0.2, 0) is 12.4 Å². The van der Waals surface area contributed by atoms with Crippen molar-refractivity contribution in [2.75, 3.05) is 0 Å². The number of hydrogen-bond donors (Lipinski definition) is 0. The first-order valence-corrected chi connectivity index (χ1v) is 5.51. The molecule has 0 fully saturated rings. The highest BCUT2D eigenvalue weighted by molar-refractivity contribution is 6.16. The smallest absolute Gasteiger partial charge is 0.151 e. The van der Waals surface area contributed by atoms with Gasteiger partial charge in [0.05, 0.1) is 11.4 Å². The Labute approximate surface area is 92.7 Å². The maximum Gasteiger partial charge on any atom is 0.151 e. The summed E-state index contributed by atoms with van der Waals surface area (Å²) in [6.07, 6.45) is 0.978. The van der Waals surface area contributed by atoms with Crippen molar-refractivity contribution in [1.82, 2.24) is 9.55 Å². The van der Waals surface area contributed by atoms with Crippen LogP contribution in [-0.4, -0.2) is 9.55 Å². The fraction of sp³-hybridized carbons (Fsp3) is 0.364. The first kappa shape index (κ1) is 10.4. The molecule has 1 aromatic carbocycles. The minimum atomic E-state index is -0.284. The molecule has 0 amide bonds. The number of aromatic nitrogens is 2. The number of benzene rings is 1. The highest BCUT2D eigenvalue weighted by Crippen LogP contribution is 2.20. The SMILES string of the molecule is CCCn1c(CCl)nc2c(F)cccc21. The van der Waals surface area contributed by atoms with Crippen LogP contribution in [0, 0.1) is 5.82 Å². The van der Waals surface area contributed by atoms with Gasteiger partial charge in [-0.1, -0.05) is 13.0 Å². The molecule has 80 valence electrons. The zero-order valence-electron chi connectivity index (χ0n) is 8.50. The number of rotatable bonds is 3. The topological polar surface area (TPSA) is 17.8 Å². The monoisotopic (exact) mass is 226 g/mol. The Balaban J connectivity index is 2.68. The minimum Gasteiger partial charge on any atom is -0.327 e. The summed E-state index contributed by atoms with van der Waals surface area (Å²) in [5, 5.41) is 0. The standard InChI is InChI=1S/C11H12ClFN2/c1-2-6-15-9-5-3-4-8(13)11(9)14-10(15)7-12/h3-5H,2,6-7H2,1H3. The Bertz CT molecular complexity index is 479. The maximum absolute atomic E-state index is 13.4. The van der Waals surface area contributed by atoms with E-state index in [-0.39, 0.29) is 5.82 Å². The Morgan fingerprint density at radius 3 is 2.93 bits per heavy atom. The third-order valence-corrected chi connectivity index (χ3v) is 2.61. The van der Waals surface area contributed by atoms with Crippen LogP contribution in [0.3, 0.4) is 0 Å². The third kappa shape index (κ3) is 1.72. The van der Waals surface area contributed by atoms with Gasteiger partial charge >= 0.3 is 0 Å². The molecule has 1 heterocycles. The van der Waals surface area contributed by atoms with Gasteiger partial charge in [-0.15, -0.1) is 11.6 Å². The fourth-order valence-corrected chi connectivity index (χ4v) is 1.94. The summed E-state index contributed by atoms with van der Waals surface area (Å²) < 4.78 is 15.4. The lowest BCUT2D eigenvalue weighted by Gasteiger charge is -2.04. The summed E-state index contributed by atoms with van der Waals surface area (Å²) in [6.45, 7) is 2.89. The van der Waals surface area contributed by atoms with E-state index in [2.05, 4.69) is 11.9 Å². The molecule has 1 aromatic heterocycles. The maximum atomic E-state index is 13.4. The van der Waals surface area contributed by atoms with Crippen LogP contribution in [0.25, 0.3) is 11.0 Å². The number of hydrogen-bond acceptors (Lipinski definition) is 1. The summed E-state index contributed by atoms with van der Waals surface area (Å²) >= 11 is 5.79. The second-order valence-electron chi connectivity index (χ2n) is 3.42. The molecule has 0 aliphatic heterocycles. The Kier molecular flexibility index (Phi) is 2.91. The van der Waals surface area contributed by atoms with E-state index in [1.807, 2.05) is 10.6 Å². The largest absolute Gasteiger partial charge is 0.327 e. The molecule has 0 saturated carbocycles. The van der Waals surface area contributed by atoms with Gasteiger partial charge in [0.25, 0.3) is 0 Å². The average Bonchev–Trinajstić information content (AvgIpc) is 2.59. The van der Waals surface area contributed by atoms with E-state index in [4.69, 9.17) is 11.6 Å². The molecule has 0 atom stereocenters. The molecule has 0 unspecified atom stereocenters. The molecule has 2 aromatic rings. The summed E-state index contributed by atoms with van der Waals surface area (Å²) in [5.41, 5.74) is 1.24. The molecular formula is C11H12ClFN2. The minimum absolute atomic E-state index is 0.284. The van der Waals surface area contributed by atoms with Crippen LogP contribution < -0.4 is 0 Å². The number of aryl methyl sites for hydroxylation is 1. The number of para-hydroxylation sites is 1. The van der Waals surface area contributed by atoms with Crippen LogP contribution in [0.1, 0.15) is 19.2 Å². The Morgan fingerprint density at radius 1 is 1.47 bits per heavy atom. The summed E-state index contributed by atoms with van der Waals surface area (Å²) in [7, 11) is 0. The quantitative estimate of drug-likeness (QED) is 0.735. The van der Waals surface area contributed by atoms with Gasteiger partial charge in [0, 0.05) is 6.54 Å². The molecule has 0 spiro atoms. The van der Waals surface area contributed by atoms with E-state index in [1.54, 1.807) is 6.07 Å². The molecule has 0 saturated heterocycles. The normalized spacial score (nSPS) is 11.1. The molecule has 0 bridgehead atoms. The van der Waals surface area contributed by atoms with Crippen LogP contribution in [0.2, 0.25) is 0 Å². The van der Waals surface area contributed by atoms with E-state index in [0.29, 0.717) is 11.4 Å².